The van der Waals surface area contributed by atoms with Crippen molar-refractivity contribution < 1.29 is 19.0 Å². The molecule has 1 saturated heterocycles. The molecule has 1 fully saturated rings. The zero-order valence-electron chi connectivity index (χ0n) is 19.3. The van der Waals surface area contributed by atoms with Gasteiger partial charge < -0.3 is 19.1 Å². The van der Waals surface area contributed by atoms with Gasteiger partial charge >= 0.3 is 0 Å². The van der Waals surface area contributed by atoms with Crippen LogP contribution in [0, 0.1) is 11.8 Å². The molecule has 2 aliphatic rings. The van der Waals surface area contributed by atoms with Crippen LogP contribution < -0.4 is 4.74 Å². The van der Waals surface area contributed by atoms with E-state index in [-0.39, 0.29) is 18.6 Å². The lowest BCUT2D eigenvalue weighted by Crippen LogP contribution is -2.27. The van der Waals surface area contributed by atoms with Gasteiger partial charge in [-0.25, -0.2) is 0 Å². The van der Waals surface area contributed by atoms with Crippen LogP contribution in [0.1, 0.15) is 28.8 Å². The molecular formula is C26H27N3O4S. The van der Waals surface area contributed by atoms with Crippen molar-refractivity contribution in [3.8, 4) is 40.1 Å². The number of hydrogen-bond acceptors (Lipinski definition) is 6. The molecule has 2 aromatic heterocycles. The smallest absolute Gasteiger partial charge is 0.259 e. The highest BCUT2D eigenvalue weighted by Crippen LogP contribution is 2.42. The molecule has 8 heteroatoms. The van der Waals surface area contributed by atoms with Gasteiger partial charge in [-0.1, -0.05) is 11.8 Å². The Morgan fingerprint density at radius 2 is 2.26 bits per heavy atom. The van der Waals surface area contributed by atoms with Gasteiger partial charge in [0.05, 0.1) is 29.0 Å². The second-order valence-corrected chi connectivity index (χ2v) is 9.56. The second-order valence-electron chi connectivity index (χ2n) is 8.65. The SMILES string of the molecule is CN(C)C(=O)COc1ccc2c(c1)Cc1c(-c3csc(C#CCOCC4CCCO4)c3)n[nH]c1-2. The summed E-state index contributed by atoms with van der Waals surface area (Å²) < 4.78 is 16.9. The van der Waals surface area contributed by atoms with Crippen LogP contribution in [0.3, 0.4) is 0 Å². The largest absolute Gasteiger partial charge is 0.484 e. The second kappa shape index (κ2) is 10.0. The molecule has 1 N–H and O–H groups in total. The fourth-order valence-corrected chi connectivity index (χ4v) is 4.94. The van der Waals surface area contributed by atoms with E-state index in [4.69, 9.17) is 14.2 Å². The van der Waals surface area contributed by atoms with E-state index in [1.807, 2.05) is 18.2 Å². The summed E-state index contributed by atoms with van der Waals surface area (Å²) in [6, 6.07) is 8.02. The van der Waals surface area contributed by atoms with Crippen LogP contribution in [0.15, 0.2) is 29.6 Å². The van der Waals surface area contributed by atoms with Gasteiger partial charge in [0.25, 0.3) is 5.91 Å². The number of thiophene rings is 1. The zero-order valence-corrected chi connectivity index (χ0v) is 20.2. The van der Waals surface area contributed by atoms with Crippen molar-refractivity contribution in [2.75, 3.05) is 40.5 Å². The van der Waals surface area contributed by atoms with Crippen LogP contribution in [-0.4, -0.2) is 67.6 Å². The Morgan fingerprint density at radius 1 is 1.35 bits per heavy atom. The summed E-state index contributed by atoms with van der Waals surface area (Å²) >= 11 is 1.61. The number of benzene rings is 1. The maximum absolute atomic E-state index is 11.8. The van der Waals surface area contributed by atoms with E-state index >= 15 is 0 Å². The van der Waals surface area contributed by atoms with Gasteiger partial charge in [0.1, 0.15) is 12.4 Å². The number of nitrogens with zero attached hydrogens (tertiary/aromatic N) is 2. The third-order valence-corrected chi connectivity index (χ3v) is 6.87. The lowest BCUT2D eigenvalue weighted by Gasteiger charge is -2.12. The quantitative estimate of drug-likeness (QED) is 0.324. The number of amides is 1. The molecule has 176 valence electrons. The Bertz CT molecular complexity index is 1240. The molecule has 1 aliphatic heterocycles. The minimum Gasteiger partial charge on any atom is -0.484 e. The first-order chi connectivity index (χ1) is 16.6. The Kier molecular flexibility index (Phi) is 6.68. The van der Waals surface area contributed by atoms with Gasteiger partial charge in [-0.05, 0) is 42.7 Å². The van der Waals surface area contributed by atoms with Gasteiger partial charge in [-0.3, -0.25) is 9.89 Å². The summed E-state index contributed by atoms with van der Waals surface area (Å²) in [5, 5.41) is 9.89. The minimum atomic E-state index is -0.0667. The van der Waals surface area contributed by atoms with Crippen molar-refractivity contribution in [1.82, 2.24) is 15.1 Å². The summed E-state index contributed by atoms with van der Waals surface area (Å²) in [7, 11) is 3.44. The maximum Gasteiger partial charge on any atom is 0.259 e. The highest BCUT2D eigenvalue weighted by Gasteiger charge is 2.26. The average molecular weight is 478 g/mol. The Morgan fingerprint density at radius 3 is 3.09 bits per heavy atom. The van der Waals surface area contributed by atoms with Crippen LogP contribution in [0.4, 0.5) is 0 Å². The van der Waals surface area contributed by atoms with Crippen molar-refractivity contribution in [3.05, 3.63) is 45.6 Å². The number of H-pyrrole nitrogens is 1. The van der Waals surface area contributed by atoms with Gasteiger partial charge in [0.15, 0.2) is 6.61 Å². The van der Waals surface area contributed by atoms with Gasteiger partial charge in [0.2, 0.25) is 0 Å². The first-order valence-electron chi connectivity index (χ1n) is 11.4. The predicted octanol–water partition coefficient (Wildman–Crippen LogP) is 3.72. The molecule has 1 aromatic carbocycles. The molecule has 3 heterocycles. The molecule has 5 rings (SSSR count). The highest BCUT2D eigenvalue weighted by atomic mass is 32.1. The van der Waals surface area contributed by atoms with E-state index in [0.29, 0.717) is 19.0 Å². The number of aromatic nitrogens is 2. The highest BCUT2D eigenvalue weighted by molar-refractivity contribution is 7.11. The molecule has 1 aliphatic carbocycles. The van der Waals surface area contributed by atoms with E-state index in [1.54, 1.807) is 25.4 Å². The van der Waals surface area contributed by atoms with Crippen LogP contribution in [0.25, 0.3) is 22.5 Å². The number of hydrogen-bond donors (Lipinski definition) is 1. The van der Waals surface area contributed by atoms with E-state index in [0.717, 1.165) is 53.3 Å². The van der Waals surface area contributed by atoms with Gasteiger partial charge in [0, 0.05) is 49.2 Å². The Labute approximate surface area is 203 Å². The lowest BCUT2D eigenvalue weighted by atomic mass is 10.1. The normalized spacial score (nSPS) is 16.0. The standard InChI is InChI=1S/C26H27N3O4S/c1-29(2)24(30)15-33-19-7-8-22-17(11-19)13-23-25(27-28-26(22)23)18-12-21(34-16-18)6-4-9-31-14-20-5-3-10-32-20/h7-8,11-12,16,20H,3,5,9-10,13-15H2,1-2H3,(H,27,28). The number of carbonyl (C=O) groups excluding carboxylic acids is 1. The number of rotatable bonds is 7. The fourth-order valence-electron chi connectivity index (χ4n) is 4.18. The van der Waals surface area contributed by atoms with Crippen LogP contribution in [0.5, 0.6) is 5.75 Å². The van der Waals surface area contributed by atoms with E-state index < -0.39 is 0 Å². The van der Waals surface area contributed by atoms with Crippen LogP contribution in [0.2, 0.25) is 0 Å². The third-order valence-electron chi connectivity index (χ3n) is 6.03. The van der Waals surface area contributed by atoms with Crippen molar-refractivity contribution >= 4 is 17.2 Å². The van der Waals surface area contributed by atoms with Crippen molar-refractivity contribution in [2.45, 2.75) is 25.4 Å². The molecule has 0 bridgehead atoms. The van der Waals surface area contributed by atoms with Crippen molar-refractivity contribution in [1.29, 1.82) is 0 Å². The number of ether oxygens (including phenoxy) is 3. The summed E-state index contributed by atoms with van der Waals surface area (Å²) in [6.07, 6.45) is 3.18. The van der Waals surface area contributed by atoms with E-state index in [2.05, 4.69) is 33.5 Å². The number of aromatic amines is 1. The summed E-state index contributed by atoms with van der Waals surface area (Å²) in [5.74, 6) is 6.92. The van der Waals surface area contributed by atoms with Crippen molar-refractivity contribution in [3.63, 3.8) is 0 Å². The number of nitrogens with one attached hydrogen (secondary N) is 1. The molecule has 1 unspecified atom stereocenters. The fraction of sp³-hybridized carbons (Fsp3) is 0.385. The lowest BCUT2D eigenvalue weighted by molar-refractivity contribution is -0.130. The van der Waals surface area contributed by atoms with Crippen molar-refractivity contribution in [2.24, 2.45) is 0 Å². The van der Waals surface area contributed by atoms with Gasteiger partial charge in [-0.15, -0.1) is 11.3 Å². The minimum absolute atomic E-state index is 0.0298. The Balaban J connectivity index is 1.22. The molecular weight excluding hydrogens is 450 g/mol. The first kappa shape index (κ1) is 22.7. The number of carbonyl (C=O) groups is 1. The molecule has 3 aromatic rings. The molecule has 1 atom stereocenters. The summed E-state index contributed by atoms with van der Waals surface area (Å²) in [6.45, 7) is 1.89. The molecule has 34 heavy (non-hydrogen) atoms. The van der Waals surface area contributed by atoms with Crippen LogP contribution >= 0.6 is 11.3 Å². The monoisotopic (exact) mass is 477 g/mol. The topological polar surface area (TPSA) is 76.7 Å². The van der Waals surface area contributed by atoms with E-state index in [1.165, 1.54) is 16.0 Å². The average Bonchev–Trinajstić information content (AvgIpc) is 3.61. The molecule has 0 saturated carbocycles. The third kappa shape index (κ3) is 4.87. The number of likely N-dealkylation sites (N-methyl/N-ethyl adjacent to an activating group) is 1. The Hall–Kier alpha value is -3.12. The molecule has 0 spiro atoms. The number of fused-ring (bicyclic) bond motifs is 3. The predicted molar refractivity (Wildman–Crippen MR) is 131 cm³/mol. The van der Waals surface area contributed by atoms with E-state index in [9.17, 15) is 4.79 Å². The summed E-state index contributed by atoms with van der Waals surface area (Å²) in [4.78, 5) is 14.3. The molecule has 0 radical (unpaired) electrons. The first-order valence-corrected chi connectivity index (χ1v) is 12.3. The zero-order chi connectivity index (χ0) is 23.5. The molecule has 1 amide bonds. The van der Waals surface area contributed by atoms with Gasteiger partial charge in [-0.2, -0.15) is 5.10 Å². The molecule has 7 nitrogen and oxygen atoms in total. The summed E-state index contributed by atoms with van der Waals surface area (Å²) in [5.41, 5.74) is 6.52. The van der Waals surface area contributed by atoms with Crippen LogP contribution in [-0.2, 0) is 20.7 Å². The maximum atomic E-state index is 11.8.